The third kappa shape index (κ3) is 5.51. The normalized spacial score (nSPS) is 11.5. The lowest BCUT2D eigenvalue weighted by Gasteiger charge is -2.24. The Bertz CT molecular complexity index is 1010. The third-order valence-corrected chi connectivity index (χ3v) is 5.85. The summed E-state index contributed by atoms with van der Waals surface area (Å²) in [5.41, 5.74) is 1.85. The van der Waals surface area contributed by atoms with Gasteiger partial charge in [-0.15, -0.1) is 0 Å². The van der Waals surface area contributed by atoms with Crippen molar-refractivity contribution in [2.45, 2.75) is 49.0 Å². The summed E-state index contributed by atoms with van der Waals surface area (Å²) in [6, 6.07) is 14.4. The highest BCUT2D eigenvalue weighted by Gasteiger charge is 2.19. The Morgan fingerprint density at radius 2 is 1.87 bits per heavy atom. The number of methoxy groups -OCH3 is 1. The summed E-state index contributed by atoms with van der Waals surface area (Å²) in [4.78, 5) is 19.5. The largest absolute Gasteiger partial charge is 0.496 e. The molecule has 0 aliphatic heterocycles. The van der Waals surface area contributed by atoms with E-state index in [1.54, 1.807) is 30.8 Å². The molecule has 1 amide bonds. The molecule has 3 rings (SSSR count). The smallest absolute Gasteiger partial charge is 0.410 e. The molecule has 0 spiro atoms. The number of nitrogens with zero attached hydrogens (tertiary/aromatic N) is 1. The van der Waals surface area contributed by atoms with Gasteiger partial charge in [0, 0.05) is 29.6 Å². The van der Waals surface area contributed by atoms with Crippen molar-refractivity contribution in [3.63, 3.8) is 0 Å². The number of carbonyl (C=O) groups excluding carboxylic acids is 1. The van der Waals surface area contributed by atoms with Crippen LogP contribution in [0.2, 0.25) is 0 Å². The molecule has 0 aliphatic carbocycles. The van der Waals surface area contributed by atoms with Crippen LogP contribution < -0.4 is 4.74 Å². The predicted molar refractivity (Wildman–Crippen MR) is 123 cm³/mol. The van der Waals surface area contributed by atoms with Gasteiger partial charge in [0.2, 0.25) is 0 Å². The highest BCUT2D eigenvalue weighted by molar-refractivity contribution is 7.99. The molecule has 2 aromatic carbocycles. The Balaban J connectivity index is 1.68. The molecule has 3 aromatic rings. The maximum atomic E-state index is 12.1. The van der Waals surface area contributed by atoms with Crippen LogP contribution in [0, 0.1) is 0 Å². The number of benzene rings is 2. The second-order valence-corrected chi connectivity index (χ2v) is 9.33. The lowest BCUT2D eigenvalue weighted by atomic mass is 10.1. The molecule has 1 N–H and O–H groups in total. The van der Waals surface area contributed by atoms with Crippen molar-refractivity contribution in [1.82, 2.24) is 9.88 Å². The number of aromatic nitrogens is 1. The molecule has 0 fully saturated rings. The molecule has 0 aliphatic rings. The molecule has 0 saturated carbocycles. The summed E-state index contributed by atoms with van der Waals surface area (Å²) < 4.78 is 11.0. The Labute approximate surface area is 182 Å². The number of aryl methyl sites for hydroxylation is 1. The van der Waals surface area contributed by atoms with Crippen molar-refractivity contribution in [1.29, 1.82) is 0 Å². The monoisotopic (exact) mass is 426 g/mol. The fraction of sp³-hybridized carbons (Fsp3) is 0.375. The number of carbonyl (C=O) groups is 1. The third-order valence-electron chi connectivity index (χ3n) is 4.69. The van der Waals surface area contributed by atoms with Crippen LogP contribution in [-0.2, 0) is 11.2 Å². The Kier molecular flexibility index (Phi) is 6.98. The number of aromatic amines is 1. The van der Waals surface area contributed by atoms with E-state index >= 15 is 0 Å². The van der Waals surface area contributed by atoms with E-state index in [9.17, 15) is 4.79 Å². The average Bonchev–Trinajstić information content (AvgIpc) is 3.11. The van der Waals surface area contributed by atoms with Crippen LogP contribution in [0.5, 0.6) is 5.75 Å². The molecule has 6 heteroatoms. The van der Waals surface area contributed by atoms with E-state index in [1.807, 2.05) is 39.1 Å². The molecule has 1 heterocycles. The van der Waals surface area contributed by atoms with Crippen LogP contribution in [-0.4, -0.2) is 42.3 Å². The lowest BCUT2D eigenvalue weighted by molar-refractivity contribution is 0.0297. The molecule has 0 radical (unpaired) electrons. The fourth-order valence-corrected chi connectivity index (χ4v) is 4.35. The quantitative estimate of drug-likeness (QED) is 0.494. The SMILES string of the molecule is COc1cccc2[nH]cc(Sc3ccccc3CCCN(C)C(=O)OC(C)(C)C)c12. The number of rotatable bonds is 7. The van der Waals surface area contributed by atoms with E-state index in [0.717, 1.165) is 34.4 Å². The number of hydrogen-bond donors (Lipinski definition) is 1. The van der Waals surface area contributed by atoms with Gasteiger partial charge in [-0.05, 0) is 57.4 Å². The van der Waals surface area contributed by atoms with Crippen LogP contribution in [0.1, 0.15) is 32.8 Å². The van der Waals surface area contributed by atoms with Crippen molar-refractivity contribution < 1.29 is 14.3 Å². The first-order valence-corrected chi connectivity index (χ1v) is 10.9. The van der Waals surface area contributed by atoms with Gasteiger partial charge in [-0.1, -0.05) is 36.0 Å². The number of H-pyrrole nitrogens is 1. The number of nitrogens with one attached hydrogen (secondary N) is 1. The molecule has 0 saturated heterocycles. The summed E-state index contributed by atoms with van der Waals surface area (Å²) in [7, 11) is 3.48. The minimum absolute atomic E-state index is 0.281. The first-order valence-electron chi connectivity index (χ1n) is 10.1. The Morgan fingerprint density at radius 1 is 1.10 bits per heavy atom. The van der Waals surface area contributed by atoms with Crippen molar-refractivity contribution >= 4 is 28.8 Å². The highest BCUT2D eigenvalue weighted by atomic mass is 32.2. The lowest BCUT2D eigenvalue weighted by Crippen LogP contribution is -2.34. The minimum atomic E-state index is -0.477. The van der Waals surface area contributed by atoms with Gasteiger partial charge in [0.1, 0.15) is 11.4 Å². The second-order valence-electron chi connectivity index (χ2n) is 8.25. The van der Waals surface area contributed by atoms with Gasteiger partial charge in [0.15, 0.2) is 0 Å². The molecule has 0 atom stereocenters. The summed E-state index contributed by atoms with van der Waals surface area (Å²) >= 11 is 1.74. The topological polar surface area (TPSA) is 54.6 Å². The molecular formula is C24H30N2O3S. The first-order chi connectivity index (χ1) is 14.3. The Hall–Kier alpha value is -2.60. The number of amides is 1. The fourth-order valence-electron chi connectivity index (χ4n) is 3.24. The number of ether oxygens (including phenoxy) is 2. The maximum Gasteiger partial charge on any atom is 0.410 e. The highest BCUT2D eigenvalue weighted by Crippen LogP contribution is 2.39. The van der Waals surface area contributed by atoms with Gasteiger partial charge in [0.25, 0.3) is 0 Å². The molecule has 1 aromatic heterocycles. The molecule has 5 nitrogen and oxygen atoms in total. The van der Waals surface area contributed by atoms with Crippen LogP contribution in [0.4, 0.5) is 4.79 Å². The van der Waals surface area contributed by atoms with E-state index in [-0.39, 0.29) is 6.09 Å². The van der Waals surface area contributed by atoms with E-state index in [2.05, 4.69) is 35.3 Å². The van der Waals surface area contributed by atoms with Gasteiger partial charge in [-0.2, -0.15) is 0 Å². The molecule has 160 valence electrons. The van der Waals surface area contributed by atoms with Gasteiger partial charge >= 0.3 is 6.09 Å². The summed E-state index contributed by atoms with van der Waals surface area (Å²) in [5.74, 6) is 0.868. The van der Waals surface area contributed by atoms with Crippen molar-refractivity contribution in [2.24, 2.45) is 0 Å². The van der Waals surface area contributed by atoms with Crippen LogP contribution in [0.25, 0.3) is 10.9 Å². The molecular weight excluding hydrogens is 396 g/mol. The summed E-state index contributed by atoms with van der Waals surface area (Å²) in [5, 5.41) is 1.10. The first kappa shape index (κ1) is 22.1. The summed E-state index contributed by atoms with van der Waals surface area (Å²) in [6.45, 7) is 6.29. The van der Waals surface area contributed by atoms with E-state index in [1.165, 1.54) is 10.5 Å². The standard InChI is InChI=1S/C24H30N2O3S/c1-24(2,3)29-23(27)26(4)15-9-11-17-10-6-7-14-20(17)30-21-16-25-18-12-8-13-19(28-5)22(18)21/h6-8,10,12-14,16,25H,9,11,15H2,1-5H3. The molecule has 30 heavy (non-hydrogen) atoms. The van der Waals surface area contributed by atoms with E-state index in [0.29, 0.717) is 6.54 Å². The second kappa shape index (κ2) is 9.47. The average molecular weight is 427 g/mol. The van der Waals surface area contributed by atoms with Crippen molar-refractivity contribution in [3.05, 3.63) is 54.2 Å². The molecule has 0 unspecified atom stereocenters. The summed E-state index contributed by atoms with van der Waals surface area (Å²) in [6.07, 6.45) is 3.50. The van der Waals surface area contributed by atoms with Gasteiger partial charge in [0.05, 0.1) is 18.0 Å². The maximum absolute atomic E-state index is 12.1. The van der Waals surface area contributed by atoms with Gasteiger partial charge < -0.3 is 19.4 Å². The van der Waals surface area contributed by atoms with Crippen molar-refractivity contribution in [3.8, 4) is 5.75 Å². The van der Waals surface area contributed by atoms with Crippen LogP contribution in [0.3, 0.4) is 0 Å². The minimum Gasteiger partial charge on any atom is -0.496 e. The number of fused-ring (bicyclic) bond motifs is 1. The zero-order chi connectivity index (χ0) is 21.7. The van der Waals surface area contributed by atoms with Gasteiger partial charge in [-0.25, -0.2) is 4.79 Å². The Morgan fingerprint density at radius 3 is 2.60 bits per heavy atom. The zero-order valence-electron chi connectivity index (χ0n) is 18.3. The van der Waals surface area contributed by atoms with Crippen LogP contribution in [0.15, 0.2) is 58.5 Å². The van der Waals surface area contributed by atoms with Crippen LogP contribution >= 0.6 is 11.8 Å². The van der Waals surface area contributed by atoms with Crippen molar-refractivity contribution in [2.75, 3.05) is 20.7 Å². The number of hydrogen-bond acceptors (Lipinski definition) is 4. The van der Waals surface area contributed by atoms with Gasteiger partial charge in [-0.3, -0.25) is 0 Å². The zero-order valence-corrected chi connectivity index (χ0v) is 19.1. The van der Waals surface area contributed by atoms with E-state index in [4.69, 9.17) is 9.47 Å². The van der Waals surface area contributed by atoms with E-state index < -0.39 is 5.60 Å². The molecule has 0 bridgehead atoms. The predicted octanol–water partition coefficient (Wildman–Crippen LogP) is 6.13.